The first-order valence-corrected chi connectivity index (χ1v) is 6.84. The Kier molecular flexibility index (Phi) is 3.86. The highest BCUT2D eigenvalue weighted by atomic mass is 35.5. The van der Waals surface area contributed by atoms with Gasteiger partial charge in [0.2, 0.25) is 11.2 Å². The Morgan fingerprint density at radius 1 is 1.33 bits per heavy atom. The molecule has 110 valence electrons. The number of hydrogen-bond acceptors (Lipinski definition) is 5. The van der Waals surface area contributed by atoms with Crippen LogP contribution in [0.4, 0.5) is 0 Å². The second-order valence-electron chi connectivity index (χ2n) is 4.67. The van der Waals surface area contributed by atoms with Gasteiger partial charge in [0.1, 0.15) is 31.0 Å². The second-order valence-corrected chi connectivity index (χ2v) is 5.11. The van der Waals surface area contributed by atoms with Crippen molar-refractivity contribution < 1.29 is 19.0 Å². The van der Waals surface area contributed by atoms with Crippen LogP contribution in [0.3, 0.4) is 0 Å². The summed E-state index contributed by atoms with van der Waals surface area (Å²) in [6.45, 7) is 0.452. The first kappa shape index (κ1) is 14.0. The highest BCUT2D eigenvalue weighted by Crippen LogP contribution is 2.33. The van der Waals surface area contributed by atoms with Crippen LogP contribution in [-0.2, 0) is 19.6 Å². The number of aliphatic hydroxyl groups is 1. The van der Waals surface area contributed by atoms with Gasteiger partial charge in [0.25, 0.3) is 0 Å². The molecule has 1 N–H and O–H groups in total. The van der Waals surface area contributed by atoms with Crippen LogP contribution in [0.1, 0.15) is 16.9 Å². The lowest BCUT2D eigenvalue weighted by molar-refractivity contribution is 0.235. The highest BCUT2D eigenvalue weighted by molar-refractivity contribution is 6.30. The first-order valence-electron chi connectivity index (χ1n) is 6.47. The Labute approximate surface area is 125 Å². The summed E-state index contributed by atoms with van der Waals surface area (Å²) < 4.78 is 16.1. The normalized spacial score (nSPS) is 12.9. The molecular formula is C15H13ClO5. The lowest BCUT2D eigenvalue weighted by Crippen LogP contribution is -2.08. The number of rotatable bonds is 4. The third kappa shape index (κ3) is 2.89. The van der Waals surface area contributed by atoms with Crippen LogP contribution in [0.2, 0.25) is 5.02 Å². The van der Waals surface area contributed by atoms with Gasteiger partial charge in [0, 0.05) is 23.1 Å². The largest absolute Gasteiger partial charge is 0.493 e. The van der Waals surface area contributed by atoms with E-state index in [2.05, 4.69) is 0 Å². The topological polar surface area (TPSA) is 68.9 Å². The van der Waals surface area contributed by atoms with Crippen LogP contribution in [-0.4, -0.2) is 11.7 Å². The maximum absolute atomic E-state index is 11.8. The van der Waals surface area contributed by atoms with Crippen LogP contribution < -0.4 is 14.9 Å². The van der Waals surface area contributed by atoms with Gasteiger partial charge in [0.05, 0.1) is 6.61 Å². The monoisotopic (exact) mass is 308 g/mol. The van der Waals surface area contributed by atoms with Crippen LogP contribution in [0.5, 0.6) is 11.5 Å². The summed E-state index contributed by atoms with van der Waals surface area (Å²) in [7, 11) is 0. The third-order valence-corrected chi connectivity index (χ3v) is 3.43. The average Bonchev–Trinajstić information content (AvgIpc) is 2.93. The van der Waals surface area contributed by atoms with Crippen molar-refractivity contribution >= 4 is 11.6 Å². The first-order chi connectivity index (χ1) is 10.2. The zero-order valence-corrected chi connectivity index (χ0v) is 11.9. The second kappa shape index (κ2) is 5.79. The van der Waals surface area contributed by atoms with E-state index in [1.54, 1.807) is 6.07 Å². The summed E-state index contributed by atoms with van der Waals surface area (Å²) in [5.41, 5.74) is 1.49. The smallest absolute Gasteiger partial charge is 0.227 e. The van der Waals surface area contributed by atoms with E-state index in [4.69, 9.17) is 30.6 Å². The van der Waals surface area contributed by atoms with E-state index in [0.29, 0.717) is 11.6 Å². The molecule has 2 aromatic rings. The molecule has 6 heteroatoms. The summed E-state index contributed by atoms with van der Waals surface area (Å²) >= 11 is 6.06. The van der Waals surface area contributed by atoms with Gasteiger partial charge >= 0.3 is 0 Å². The lowest BCUT2D eigenvalue weighted by atomic mass is 10.1. The Balaban J connectivity index is 1.81. The summed E-state index contributed by atoms with van der Waals surface area (Å²) in [5, 5.41) is 9.50. The zero-order valence-electron chi connectivity index (χ0n) is 11.1. The van der Waals surface area contributed by atoms with Gasteiger partial charge in [0.15, 0.2) is 0 Å². The van der Waals surface area contributed by atoms with Crippen molar-refractivity contribution in [2.45, 2.75) is 19.6 Å². The molecule has 0 radical (unpaired) electrons. The molecule has 0 atom stereocenters. The summed E-state index contributed by atoms with van der Waals surface area (Å²) in [6, 6.07) is 4.83. The molecule has 0 fully saturated rings. The third-order valence-electron chi connectivity index (χ3n) is 3.22. The molecule has 2 heterocycles. The van der Waals surface area contributed by atoms with Crippen molar-refractivity contribution in [2.24, 2.45) is 0 Å². The van der Waals surface area contributed by atoms with E-state index in [1.807, 2.05) is 6.07 Å². The van der Waals surface area contributed by atoms with Gasteiger partial charge < -0.3 is 19.0 Å². The Bertz CT molecular complexity index is 722. The molecular weight excluding hydrogens is 296 g/mol. The van der Waals surface area contributed by atoms with Gasteiger partial charge in [-0.1, -0.05) is 11.6 Å². The van der Waals surface area contributed by atoms with Gasteiger partial charge in [-0.05, 0) is 17.7 Å². The standard InChI is InChI=1S/C15H13ClO5/c16-11-3-9-1-2-19-15(9)10(4-11)7-21-14-8-20-12(6-17)5-13(14)18/h3-5,8,17H,1-2,6-7H2. The number of halogens is 1. The molecule has 0 saturated carbocycles. The van der Waals surface area contributed by atoms with Crippen molar-refractivity contribution in [1.29, 1.82) is 0 Å². The van der Waals surface area contributed by atoms with Crippen LogP contribution in [0.25, 0.3) is 0 Å². The van der Waals surface area contributed by atoms with E-state index in [-0.39, 0.29) is 30.2 Å². The lowest BCUT2D eigenvalue weighted by Gasteiger charge is -2.10. The van der Waals surface area contributed by atoms with Crippen molar-refractivity contribution in [3.8, 4) is 11.5 Å². The van der Waals surface area contributed by atoms with E-state index in [9.17, 15) is 4.79 Å². The van der Waals surface area contributed by atoms with Crippen LogP contribution in [0, 0.1) is 0 Å². The van der Waals surface area contributed by atoms with Crippen molar-refractivity contribution in [3.63, 3.8) is 0 Å². The molecule has 0 spiro atoms. The van der Waals surface area contributed by atoms with Crippen molar-refractivity contribution in [1.82, 2.24) is 0 Å². The highest BCUT2D eigenvalue weighted by Gasteiger charge is 2.18. The van der Waals surface area contributed by atoms with Crippen LogP contribution in [0.15, 0.2) is 33.7 Å². The summed E-state index contributed by atoms with van der Waals surface area (Å²) in [5.74, 6) is 1.05. The fourth-order valence-electron chi connectivity index (χ4n) is 2.24. The van der Waals surface area contributed by atoms with Gasteiger partial charge in [-0.15, -0.1) is 0 Å². The molecule has 5 nitrogen and oxygen atoms in total. The number of hydrogen-bond donors (Lipinski definition) is 1. The van der Waals surface area contributed by atoms with Crippen LogP contribution >= 0.6 is 11.6 Å². The molecule has 1 aromatic carbocycles. The van der Waals surface area contributed by atoms with E-state index in [0.717, 1.165) is 23.3 Å². The predicted octanol–water partition coefficient (Wildman–Crippen LogP) is 2.30. The summed E-state index contributed by atoms with van der Waals surface area (Å²) in [6.07, 6.45) is 2.01. The molecule has 0 unspecified atom stereocenters. The molecule has 3 rings (SSSR count). The number of aliphatic hydroxyl groups excluding tert-OH is 1. The summed E-state index contributed by atoms with van der Waals surface area (Å²) in [4.78, 5) is 11.8. The maximum Gasteiger partial charge on any atom is 0.227 e. The molecule has 0 aliphatic carbocycles. The number of benzene rings is 1. The fourth-order valence-corrected chi connectivity index (χ4v) is 2.50. The van der Waals surface area contributed by atoms with E-state index in [1.165, 1.54) is 12.3 Å². The van der Waals surface area contributed by atoms with Crippen molar-refractivity contribution in [2.75, 3.05) is 6.61 Å². The minimum Gasteiger partial charge on any atom is -0.493 e. The molecule has 0 saturated heterocycles. The molecule has 0 amide bonds. The minimum absolute atomic E-state index is 0.0823. The van der Waals surface area contributed by atoms with Crippen molar-refractivity contribution in [3.05, 3.63) is 56.6 Å². The van der Waals surface area contributed by atoms with Gasteiger partial charge in [-0.3, -0.25) is 4.79 Å². The predicted molar refractivity (Wildman–Crippen MR) is 75.9 cm³/mol. The Morgan fingerprint density at radius 2 is 2.19 bits per heavy atom. The SMILES string of the molecule is O=c1cc(CO)occ1OCc1cc(Cl)cc2c1OCC2. The minimum atomic E-state index is -0.343. The average molecular weight is 309 g/mol. The van der Waals surface area contributed by atoms with Gasteiger partial charge in [-0.25, -0.2) is 0 Å². The fraction of sp³-hybridized carbons (Fsp3) is 0.267. The van der Waals surface area contributed by atoms with E-state index >= 15 is 0 Å². The Morgan fingerprint density at radius 3 is 2.95 bits per heavy atom. The molecule has 21 heavy (non-hydrogen) atoms. The van der Waals surface area contributed by atoms with Gasteiger partial charge in [-0.2, -0.15) is 0 Å². The number of ether oxygens (including phenoxy) is 2. The number of fused-ring (bicyclic) bond motifs is 1. The maximum atomic E-state index is 11.8. The Hall–Kier alpha value is -1.98. The van der Waals surface area contributed by atoms with E-state index < -0.39 is 0 Å². The zero-order chi connectivity index (χ0) is 14.8. The molecule has 1 aliphatic heterocycles. The molecule has 0 bridgehead atoms. The quantitative estimate of drug-likeness (QED) is 0.938. The molecule has 1 aliphatic rings. The molecule has 1 aromatic heterocycles.